The molecule has 13 nitrogen and oxygen atoms in total. The molecule has 0 unspecified atom stereocenters. The number of nitrogens with one attached hydrogen (secondary N) is 2. The zero-order valence-corrected chi connectivity index (χ0v) is 20.9. The Kier molecular flexibility index (Phi) is 6.62. The van der Waals surface area contributed by atoms with E-state index < -0.39 is 6.10 Å². The van der Waals surface area contributed by atoms with Crippen LogP contribution in [0.2, 0.25) is 0 Å². The Labute approximate surface area is 218 Å². The minimum Gasteiger partial charge on any atom is -0.491 e. The third-order valence-corrected chi connectivity index (χ3v) is 6.62. The second-order valence-electron chi connectivity index (χ2n) is 9.11. The van der Waals surface area contributed by atoms with E-state index in [0.717, 1.165) is 18.7 Å². The van der Waals surface area contributed by atoms with Crippen LogP contribution in [0, 0.1) is 0 Å². The summed E-state index contributed by atoms with van der Waals surface area (Å²) in [6, 6.07) is 5.33. The maximum Gasteiger partial charge on any atom is 0.259 e. The number of amides is 1. The molecule has 0 radical (unpaired) electrons. The SMILES string of the molecule is COc1c(OC[C@H](O)CN2CCOCC2)ccc2c1N=C(NC(=O)c1cnc3[nH]cnc3c1)N1CCN=C21. The lowest BCUT2D eigenvalue weighted by Crippen LogP contribution is -2.47. The molecule has 198 valence electrons. The summed E-state index contributed by atoms with van der Waals surface area (Å²) in [5.74, 6) is 1.52. The van der Waals surface area contributed by atoms with Crippen molar-refractivity contribution in [3.63, 3.8) is 0 Å². The molecule has 1 atom stereocenters. The Morgan fingerprint density at radius 3 is 2.97 bits per heavy atom. The van der Waals surface area contributed by atoms with Crippen LogP contribution in [0.15, 0.2) is 40.7 Å². The number of H-pyrrole nitrogens is 1. The first kappa shape index (κ1) is 24.3. The molecule has 3 aliphatic rings. The fraction of sp³-hybridized carbons (Fsp3) is 0.400. The summed E-state index contributed by atoms with van der Waals surface area (Å²) >= 11 is 0. The Morgan fingerprint density at radius 1 is 1.26 bits per heavy atom. The van der Waals surface area contributed by atoms with Crippen LogP contribution in [0.5, 0.6) is 11.5 Å². The molecule has 5 heterocycles. The van der Waals surface area contributed by atoms with Gasteiger partial charge in [0, 0.05) is 37.9 Å². The lowest BCUT2D eigenvalue weighted by molar-refractivity contribution is 0.00446. The van der Waals surface area contributed by atoms with Crippen molar-refractivity contribution in [2.45, 2.75) is 6.10 Å². The van der Waals surface area contributed by atoms with Gasteiger partial charge < -0.3 is 24.3 Å². The number of aliphatic hydroxyl groups excluding tert-OH is 1. The first-order valence-corrected chi connectivity index (χ1v) is 12.4. The second-order valence-corrected chi connectivity index (χ2v) is 9.11. The third-order valence-electron chi connectivity index (χ3n) is 6.62. The van der Waals surface area contributed by atoms with E-state index in [4.69, 9.17) is 19.2 Å². The first-order chi connectivity index (χ1) is 18.6. The normalized spacial score (nSPS) is 17.9. The van der Waals surface area contributed by atoms with Gasteiger partial charge in [0.2, 0.25) is 5.96 Å². The minimum absolute atomic E-state index is 0.0928. The quantitative estimate of drug-likeness (QED) is 0.405. The Morgan fingerprint density at radius 2 is 2.13 bits per heavy atom. The molecule has 0 spiro atoms. The Balaban J connectivity index is 1.24. The maximum absolute atomic E-state index is 13.1. The number of aliphatic hydroxyl groups is 1. The van der Waals surface area contributed by atoms with Crippen molar-refractivity contribution < 1.29 is 24.1 Å². The Hall–Kier alpha value is -4.07. The van der Waals surface area contributed by atoms with Gasteiger partial charge >= 0.3 is 0 Å². The summed E-state index contributed by atoms with van der Waals surface area (Å²) < 4.78 is 17.0. The number of aromatic amines is 1. The summed E-state index contributed by atoms with van der Waals surface area (Å²) in [4.78, 5) is 37.8. The number of imidazole rings is 1. The second kappa shape index (κ2) is 10.4. The van der Waals surface area contributed by atoms with Crippen LogP contribution >= 0.6 is 0 Å². The van der Waals surface area contributed by atoms with Crippen molar-refractivity contribution in [2.24, 2.45) is 9.98 Å². The number of morpholine rings is 1. The maximum atomic E-state index is 13.1. The van der Waals surface area contributed by atoms with E-state index >= 15 is 0 Å². The number of nitrogens with zero attached hydrogens (tertiary/aromatic N) is 6. The predicted molar refractivity (Wildman–Crippen MR) is 138 cm³/mol. The van der Waals surface area contributed by atoms with E-state index in [-0.39, 0.29) is 12.5 Å². The van der Waals surface area contributed by atoms with E-state index in [1.54, 1.807) is 12.1 Å². The number of benzene rings is 1. The molecule has 1 fully saturated rings. The van der Waals surface area contributed by atoms with Crippen LogP contribution < -0.4 is 14.8 Å². The fourth-order valence-corrected chi connectivity index (χ4v) is 4.74. The van der Waals surface area contributed by atoms with Crippen LogP contribution in [0.1, 0.15) is 15.9 Å². The van der Waals surface area contributed by atoms with Crippen LogP contribution in [-0.2, 0) is 4.74 Å². The third kappa shape index (κ3) is 4.66. The highest BCUT2D eigenvalue weighted by Gasteiger charge is 2.33. The number of methoxy groups -OCH3 is 1. The molecule has 6 rings (SSSR count). The fourth-order valence-electron chi connectivity index (χ4n) is 4.74. The monoisotopic (exact) mass is 520 g/mol. The number of aromatic nitrogens is 3. The van der Waals surface area contributed by atoms with Crippen LogP contribution in [0.3, 0.4) is 0 Å². The molecule has 1 aromatic carbocycles. The summed E-state index contributed by atoms with van der Waals surface area (Å²) in [5, 5.41) is 13.4. The highest BCUT2D eigenvalue weighted by Crippen LogP contribution is 2.43. The number of hydrogen-bond donors (Lipinski definition) is 3. The average molecular weight is 521 g/mol. The smallest absolute Gasteiger partial charge is 0.259 e. The molecular weight excluding hydrogens is 492 g/mol. The summed E-state index contributed by atoms with van der Waals surface area (Å²) in [5.41, 5.74) is 2.83. The molecule has 3 aromatic rings. The van der Waals surface area contributed by atoms with Gasteiger partial charge in [0.1, 0.15) is 29.8 Å². The van der Waals surface area contributed by atoms with Crippen molar-refractivity contribution in [1.29, 1.82) is 0 Å². The molecule has 38 heavy (non-hydrogen) atoms. The van der Waals surface area contributed by atoms with Crippen molar-refractivity contribution in [1.82, 2.24) is 30.1 Å². The molecule has 1 saturated heterocycles. The number of fused-ring (bicyclic) bond motifs is 4. The number of guanidine groups is 1. The molecule has 0 aliphatic carbocycles. The van der Waals surface area contributed by atoms with Gasteiger partial charge in [-0.15, -0.1) is 0 Å². The van der Waals surface area contributed by atoms with Gasteiger partial charge in [-0.3, -0.25) is 24.9 Å². The first-order valence-electron chi connectivity index (χ1n) is 12.4. The molecule has 3 aliphatic heterocycles. The van der Waals surface area contributed by atoms with E-state index in [0.29, 0.717) is 78.6 Å². The van der Waals surface area contributed by atoms with E-state index in [1.807, 2.05) is 11.0 Å². The lowest BCUT2D eigenvalue weighted by atomic mass is 10.1. The summed E-state index contributed by atoms with van der Waals surface area (Å²) in [7, 11) is 1.54. The molecule has 1 amide bonds. The summed E-state index contributed by atoms with van der Waals surface area (Å²) in [6.07, 6.45) is 2.34. The van der Waals surface area contributed by atoms with E-state index in [2.05, 4.69) is 30.2 Å². The van der Waals surface area contributed by atoms with Crippen LogP contribution in [0.25, 0.3) is 11.2 Å². The Bertz CT molecular complexity index is 1410. The highest BCUT2D eigenvalue weighted by atomic mass is 16.5. The van der Waals surface area contributed by atoms with Crippen molar-refractivity contribution in [3.05, 3.63) is 41.9 Å². The van der Waals surface area contributed by atoms with Crippen molar-refractivity contribution in [3.8, 4) is 11.5 Å². The molecule has 0 saturated carbocycles. The molecule has 0 bridgehead atoms. The zero-order valence-electron chi connectivity index (χ0n) is 20.9. The number of amidine groups is 1. The average Bonchev–Trinajstić information content (AvgIpc) is 3.62. The van der Waals surface area contributed by atoms with Crippen LogP contribution in [-0.4, -0.2) is 113 Å². The van der Waals surface area contributed by atoms with Gasteiger partial charge in [0.05, 0.1) is 38.8 Å². The summed E-state index contributed by atoms with van der Waals surface area (Å²) in [6.45, 7) is 4.64. The molecule has 13 heteroatoms. The number of carbonyl (C=O) groups is 1. The van der Waals surface area contributed by atoms with E-state index in [9.17, 15) is 9.90 Å². The number of rotatable bonds is 7. The van der Waals surface area contributed by atoms with E-state index in [1.165, 1.54) is 19.6 Å². The zero-order chi connectivity index (χ0) is 26.1. The van der Waals surface area contributed by atoms with Gasteiger partial charge in [-0.1, -0.05) is 0 Å². The van der Waals surface area contributed by atoms with Gasteiger partial charge in [-0.05, 0) is 18.2 Å². The largest absolute Gasteiger partial charge is 0.491 e. The number of hydrogen-bond acceptors (Lipinski definition) is 11. The molecule has 2 aromatic heterocycles. The predicted octanol–water partition coefficient (Wildman–Crippen LogP) is 0.532. The number of carbonyl (C=O) groups excluding carboxylic acids is 1. The van der Waals surface area contributed by atoms with Gasteiger partial charge in [0.25, 0.3) is 5.91 Å². The highest BCUT2D eigenvalue weighted by molar-refractivity contribution is 6.20. The molecule has 3 N–H and O–H groups in total. The number of pyridine rings is 1. The van der Waals surface area contributed by atoms with Crippen LogP contribution in [0.4, 0.5) is 5.69 Å². The topological polar surface area (TPSA) is 150 Å². The minimum atomic E-state index is -0.678. The van der Waals surface area contributed by atoms with Gasteiger partial charge in [-0.2, -0.15) is 0 Å². The molecular formula is C25H28N8O5. The number of ether oxygens (including phenoxy) is 3. The van der Waals surface area contributed by atoms with Gasteiger partial charge in [-0.25, -0.2) is 15.0 Å². The van der Waals surface area contributed by atoms with Gasteiger partial charge in [0.15, 0.2) is 17.1 Å². The van der Waals surface area contributed by atoms with Crippen molar-refractivity contribution in [2.75, 3.05) is 59.7 Å². The standard InChI is InChI=1S/C25H28N8O5/c1-36-21-19(38-13-16(34)12-32-6-8-37-9-7-32)3-2-17-20(21)30-25(33-5-4-26-23(17)33)31-24(35)15-10-18-22(27-11-15)29-14-28-18/h2-3,10-11,14,16,34H,4-9,12-13H2,1H3,(H,27,28,29)(H,30,31,35)/t16-/m1/s1. The number of β-amino-alcohol motifs (C(OH)–C–C–N with tert-alkyl or cyclic N) is 1. The van der Waals surface area contributed by atoms with Crippen molar-refractivity contribution >= 4 is 34.6 Å². The number of aliphatic imine (C=N–C) groups is 2. The lowest BCUT2D eigenvalue weighted by Gasteiger charge is -2.29.